The van der Waals surface area contributed by atoms with Crippen molar-refractivity contribution in [2.75, 3.05) is 0 Å². The first-order valence-electron chi connectivity index (χ1n) is 22.9. The van der Waals surface area contributed by atoms with Crippen LogP contribution in [0, 0.1) is 11.3 Å². The maximum absolute atomic E-state index is 10.6. The molecule has 0 N–H and O–H groups in total. The molecule has 4 nitrogen and oxygen atoms in total. The van der Waals surface area contributed by atoms with Gasteiger partial charge in [0.2, 0.25) is 0 Å². The minimum absolute atomic E-state index is 0.548. The zero-order valence-electron chi connectivity index (χ0n) is 36.7. The van der Waals surface area contributed by atoms with Gasteiger partial charge in [0.15, 0.2) is 17.5 Å². The van der Waals surface area contributed by atoms with E-state index >= 15 is 0 Å². The van der Waals surface area contributed by atoms with E-state index in [0.717, 1.165) is 55.6 Å². The molecule has 0 saturated carbocycles. The van der Waals surface area contributed by atoms with Gasteiger partial charge in [0.25, 0.3) is 0 Å². The molecule has 12 aromatic rings. The summed E-state index contributed by atoms with van der Waals surface area (Å²) >= 11 is 0. The molecule has 4 heteroatoms. The van der Waals surface area contributed by atoms with E-state index in [2.05, 4.69) is 182 Å². The smallest absolute Gasteiger partial charge is 0.164 e. The Bertz CT molecular complexity index is 4030. The van der Waals surface area contributed by atoms with Crippen molar-refractivity contribution in [2.45, 2.75) is 0 Å². The van der Waals surface area contributed by atoms with E-state index in [1.165, 1.54) is 60.1 Å². The molecular formula is C64H38N4. The zero-order chi connectivity index (χ0) is 45.1. The summed E-state index contributed by atoms with van der Waals surface area (Å²) in [6.45, 7) is 0. The van der Waals surface area contributed by atoms with Crippen LogP contribution in [0.25, 0.3) is 133 Å². The molecular weight excluding hydrogens is 825 g/mol. The number of hydrogen-bond donors (Lipinski definition) is 0. The highest BCUT2D eigenvalue weighted by atomic mass is 15.0. The molecule has 11 aromatic carbocycles. The normalized spacial score (nSPS) is 11.5. The van der Waals surface area contributed by atoms with Crippen molar-refractivity contribution in [3.05, 3.63) is 236 Å². The fourth-order valence-corrected chi connectivity index (χ4v) is 10.4. The van der Waals surface area contributed by atoms with Gasteiger partial charge in [0.1, 0.15) is 0 Å². The monoisotopic (exact) mass is 862 g/mol. The average Bonchev–Trinajstić information content (AvgIpc) is 3.75. The molecule has 0 bridgehead atoms. The van der Waals surface area contributed by atoms with Gasteiger partial charge in [-0.2, -0.15) is 5.26 Å². The Kier molecular flexibility index (Phi) is 9.20. The quantitative estimate of drug-likeness (QED) is 0.150. The van der Waals surface area contributed by atoms with Gasteiger partial charge in [-0.1, -0.05) is 206 Å². The maximum atomic E-state index is 10.6. The van der Waals surface area contributed by atoms with Gasteiger partial charge >= 0.3 is 0 Å². The fourth-order valence-electron chi connectivity index (χ4n) is 10.4. The molecule has 314 valence electrons. The lowest BCUT2D eigenvalue weighted by Crippen LogP contribution is -2.01. The van der Waals surface area contributed by atoms with Crippen LogP contribution in [0.2, 0.25) is 0 Å². The largest absolute Gasteiger partial charge is 0.208 e. The summed E-state index contributed by atoms with van der Waals surface area (Å²) in [6.07, 6.45) is 0. The average molecular weight is 863 g/mol. The topological polar surface area (TPSA) is 62.5 Å². The highest BCUT2D eigenvalue weighted by Crippen LogP contribution is 2.52. The first kappa shape index (κ1) is 39.1. The number of aromatic nitrogens is 3. The molecule has 0 fully saturated rings. The summed E-state index contributed by atoms with van der Waals surface area (Å²) in [6, 6.07) is 83.3. The Labute approximate surface area is 393 Å². The van der Waals surface area contributed by atoms with E-state index in [0.29, 0.717) is 23.0 Å². The van der Waals surface area contributed by atoms with Crippen molar-refractivity contribution in [3.63, 3.8) is 0 Å². The second kappa shape index (κ2) is 16.0. The molecule has 1 aromatic heterocycles. The van der Waals surface area contributed by atoms with E-state index < -0.39 is 0 Å². The number of rotatable bonds is 7. The molecule has 1 heterocycles. The summed E-state index contributed by atoms with van der Waals surface area (Å²) < 4.78 is 0. The lowest BCUT2D eigenvalue weighted by atomic mass is 9.87. The van der Waals surface area contributed by atoms with Gasteiger partial charge < -0.3 is 0 Å². The molecule has 1 aliphatic carbocycles. The van der Waals surface area contributed by atoms with Crippen LogP contribution < -0.4 is 0 Å². The summed E-state index contributed by atoms with van der Waals surface area (Å²) in [7, 11) is 0. The van der Waals surface area contributed by atoms with Gasteiger partial charge in [-0.25, -0.2) is 15.0 Å². The first-order valence-corrected chi connectivity index (χ1v) is 22.9. The Hall–Kier alpha value is -9.30. The molecule has 0 amide bonds. The van der Waals surface area contributed by atoms with Crippen LogP contribution in [0.15, 0.2) is 231 Å². The Morgan fingerprint density at radius 1 is 0.279 bits per heavy atom. The van der Waals surface area contributed by atoms with Crippen LogP contribution in [0.3, 0.4) is 0 Å². The van der Waals surface area contributed by atoms with Crippen LogP contribution in [0.5, 0.6) is 0 Å². The molecule has 0 spiro atoms. The number of benzene rings is 11. The summed E-state index contributed by atoms with van der Waals surface area (Å²) in [5.41, 5.74) is 16.6. The van der Waals surface area contributed by atoms with Crippen LogP contribution in [-0.2, 0) is 0 Å². The SMILES string of the molecule is N#Cc1cc(-c2ccccc2-c2nc(-c3ccccc3)nc(-c3ccc(-c4cc5ccccc5c5ccccc45)cc3)n2)cc(-c2ccccc2-c2cccc3c2-c2cccc4cccc-3c24)c1. The Morgan fingerprint density at radius 2 is 0.765 bits per heavy atom. The fraction of sp³-hybridized carbons (Fsp3) is 0. The third-order valence-electron chi connectivity index (χ3n) is 13.5. The lowest BCUT2D eigenvalue weighted by molar-refractivity contribution is 1.07. The van der Waals surface area contributed by atoms with Crippen LogP contribution in [-0.4, -0.2) is 15.0 Å². The first-order chi connectivity index (χ1) is 33.7. The molecule has 13 rings (SSSR count). The highest BCUT2D eigenvalue weighted by Gasteiger charge is 2.25. The molecule has 0 atom stereocenters. The van der Waals surface area contributed by atoms with E-state index in [-0.39, 0.29) is 0 Å². The second-order valence-corrected chi connectivity index (χ2v) is 17.4. The van der Waals surface area contributed by atoms with Gasteiger partial charge in [-0.15, -0.1) is 0 Å². The predicted octanol–water partition coefficient (Wildman–Crippen LogP) is 16.5. The third-order valence-corrected chi connectivity index (χ3v) is 13.5. The number of nitrogens with zero attached hydrogens (tertiary/aromatic N) is 4. The van der Waals surface area contributed by atoms with Gasteiger partial charge in [0.05, 0.1) is 11.6 Å². The minimum Gasteiger partial charge on any atom is -0.208 e. The predicted molar refractivity (Wildman–Crippen MR) is 280 cm³/mol. The standard InChI is InChI=1S/C64H38N4/c65-39-40-35-46(49-21-6-8-24-52(49)54-28-14-29-56-55-27-12-18-42-19-13-30-58(60(42)55)61(54)56)37-47(36-40)50-22-7-11-26-57(50)64-67-62(43-15-2-1-3-16-43)66-63(68-64)44-33-31-41(32-34-44)59-38-45-17-4-5-20-48(45)51-23-9-10-25-53(51)59/h1-38H. The molecule has 0 unspecified atom stereocenters. The van der Waals surface area contributed by atoms with E-state index in [4.69, 9.17) is 15.0 Å². The lowest BCUT2D eigenvalue weighted by Gasteiger charge is -2.17. The van der Waals surface area contributed by atoms with Gasteiger partial charge in [0, 0.05) is 16.7 Å². The number of fused-ring (bicyclic) bond motifs is 6. The second-order valence-electron chi connectivity index (χ2n) is 17.4. The molecule has 1 aliphatic rings. The van der Waals surface area contributed by atoms with Crippen molar-refractivity contribution in [3.8, 4) is 107 Å². The van der Waals surface area contributed by atoms with E-state index in [1.54, 1.807) is 0 Å². The number of nitriles is 1. The molecule has 68 heavy (non-hydrogen) atoms. The minimum atomic E-state index is 0.548. The van der Waals surface area contributed by atoms with Gasteiger partial charge in [-0.3, -0.25) is 0 Å². The van der Waals surface area contributed by atoms with Crippen molar-refractivity contribution < 1.29 is 0 Å². The molecule has 0 saturated heterocycles. The summed E-state index contributed by atoms with van der Waals surface area (Å²) in [5.74, 6) is 1.71. The van der Waals surface area contributed by atoms with E-state index in [1.807, 2.05) is 54.6 Å². The zero-order valence-corrected chi connectivity index (χ0v) is 36.7. The summed E-state index contributed by atoms with van der Waals surface area (Å²) in [4.78, 5) is 15.5. The Morgan fingerprint density at radius 3 is 1.49 bits per heavy atom. The Balaban J connectivity index is 0.931. The summed E-state index contributed by atoms with van der Waals surface area (Å²) in [5, 5.41) is 18.0. The number of hydrogen-bond acceptors (Lipinski definition) is 4. The van der Waals surface area contributed by atoms with E-state index in [9.17, 15) is 5.26 Å². The molecule has 0 radical (unpaired) electrons. The van der Waals surface area contributed by atoms with Gasteiger partial charge in [-0.05, 0) is 123 Å². The van der Waals surface area contributed by atoms with Crippen molar-refractivity contribution in [2.24, 2.45) is 0 Å². The van der Waals surface area contributed by atoms with Crippen molar-refractivity contribution in [1.29, 1.82) is 5.26 Å². The van der Waals surface area contributed by atoms with Crippen LogP contribution >= 0.6 is 0 Å². The highest BCUT2D eigenvalue weighted by molar-refractivity contribution is 6.19. The maximum Gasteiger partial charge on any atom is 0.164 e. The van der Waals surface area contributed by atoms with Crippen molar-refractivity contribution in [1.82, 2.24) is 15.0 Å². The molecule has 0 aliphatic heterocycles. The van der Waals surface area contributed by atoms with Crippen LogP contribution in [0.1, 0.15) is 5.56 Å². The third kappa shape index (κ3) is 6.48. The van der Waals surface area contributed by atoms with Crippen molar-refractivity contribution >= 4 is 32.3 Å². The van der Waals surface area contributed by atoms with Crippen LogP contribution in [0.4, 0.5) is 0 Å².